The van der Waals surface area contributed by atoms with Gasteiger partial charge >= 0.3 is 0 Å². The number of aromatic nitrogens is 3. The van der Waals surface area contributed by atoms with Crippen LogP contribution < -0.4 is 5.32 Å². The first-order valence-corrected chi connectivity index (χ1v) is 5.43. The quantitative estimate of drug-likeness (QED) is 0.783. The van der Waals surface area contributed by atoms with E-state index in [-0.39, 0.29) is 5.91 Å². The number of nitrogens with one attached hydrogen (secondary N) is 1. The van der Waals surface area contributed by atoms with Crippen molar-refractivity contribution in [2.45, 2.75) is 19.9 Å². The predicted molar refractivity (Wildman–Crippen MR) is 60.4 cm³/mol. The van der Waals surface area contributed by atoms with E-state index in [0.717, 1.165) is 18.7 Å². The Morgan fingerprint density at radius 1 is 1.53 bits per heavy atom. The molecule has 0 aromatic carbocycles. The summed E-state index contributed by atoms with van der Waals surface area (Å²) >= 11 is 0. The van der Waals surface area contributed by atoms with Crippen LogP contribution in [0.2, 0.25) is 0 Å². The van der Waals surface area contributed by atoms with Gasteiger partial charge in [-0.15, -0.1) is 0 Å². The van der Waals surface area contributed by atoms with E-state index in [1.54, 1.807) is 23.1 Å². The van der Waals surface area contributed by atoms with E-state index < -0.39 is 0 Å². The van der Waals surface area contributed by atoms with Crippen LogP contribution >= 0.6 is 0 Å². The van der Waals surface area contributed by atoms with E-state index in [0.29, 0.717) is 12.3 Å². The molecule has 6 heteroatoms. The molecule has 90 valence electrons. The maximum absolute atomic E-state index is 11.6. The second kappa shape index (κ2) is 5.29. The van der Waals surface area contributed by atoms with Gasteiger partial charge in [-0.3, -0.25) is 9.48 Å². The van der Waals surface area contributed by atoms with E-state index in [4.69, 9.17) is 4.42 Å². The van der Waals surface area contributed by atoms with E-state index >= 15 is 0 Å². The lowest BCUT2D eigenvalue weighted by Crippen LogP contribution is -2.24. The molecule has 0 aliphatic carbocycles. The number of rotatable bonds is 5. The van der Waals surface area contributed by atoms with Crippen molar-refractivity contribution in [1.29, 1.82) is 0 Å². The molecule has 0 saturated carbocycles. The molecule has 0 unspecified atom stereocenters. The van der Waals surface area contributed by atoms with Gasteiger partial charge in [-0.25, -0.2) is 4.98 Å². The Bertz CT molecular complexity index is 475. The largest absolute Gasteiger partial charge is 0.456 e. The zero-order valence-corrected chi connectivity index (χ0v) is 9.59. The highest BCUT2D eigenvalue weighted by molar-refractivity contribution is 5.91. The van der Waals surface area contributed by atoms with Crippen LogP contribution in [0.3, 0.4) is 0 Å². The van der Waals surface area contributed by atoms with E-state index in [1.807, 2.05) is 6.92 Å². The standard InChI is InChI=1S/C11H14N4O2/c1-9-3-4-10(17-9)11(16)13-5-2-6-15-8-12-7-14-15/h3-4,7-8H,2,5-6H2,1H3,(H,13,16). The summed E-state index contributed by atoms with van der Waals surface area (Å²) in [5, 5.41) is 6.75. The smallest absolute Gasteiger partial charge is 0.286 e. The lowest BCUT2D eigenvalue weighted by molar-refractivity contribution is 0.0923. The van der Waals surface area contributed by atoms with Crippen LogP contribution in [0.5, 0.6) is 0 Å². The highest BCUT2D eigenvalue weighted by atomic mass is 16.3. The molecular weight excluding hydrogens is 220 g/mol. The number of carbonyl (C=O) groups is 1. The van der Waals surface area contributed by atoms with Gasteiger partial charge < -0.3 is 9.73 Å². The normalized spacial score (nSPS) is 10.4. The molecule has 0 spiro atoms. The molecule has 0 aliphatic heterocycles. The van der Waals surface area contributed by atoms with Crippen molar-refractivity contribution in [2.24, 2.45) is 0 Å². The van der Waals surface area contributed by atoms with Crippen molar-refractivity contribution in [3.8, 4) is 0 Å². The highest BCUT2D eigenvalue weighted by Crippen LogP contribution is 2.05. The van der Waals surface area contributed by atoms with Crippen molar-refractivity contribution in [2.75, 3.05) is 6.54 Å². The van der Waals surface area contributed by atoms with Gasteiger partial charge in [0.25, 0.3) is 5.91 Å². The number of furan rings is 1. The van der Waals surface area contributed by atoms with Crippen LogP contribution in [-0.4, -0.2) is 27.2 Å². The van der Waals surface area contributed by atoms with E-state index in [2.05, 4.69) is 15.4 Å². The number of hydrogen-bond donors (Lipinski definition) is 1. The Hall–Kier alpha value is -2.11. The van der Waals surface area contributed by atoms with Crippen molar-refractivity contribution in [3.63, 3.8) is 0 Å². The summed E-state index contributed by atoms with van der Waals surface area (Å²) in [5.74, 6) is 0.901. The van der Waals surface area contributed by atoms with E-state index in [1.165, 1.54) is 6.33 Å². The first-order valence-electron chi connectivity index (χ1n) is 5.43. The summed E-state index contributed by atoms with van der Waals surface area (Å²) in [6, 6.07) is 3.44. The third-order valence-electron chi connectivity index (χ3n) is 2.28. The third-order valence-corrected chi connectivity index (χ3v) is 2.28. The molecule has 0 radical (unpaired) electrons. The van der Waals surface area contributed by atoms with Gasteiger partial charge in [0, 0.05) is 13.1 Å². The minimum atomic E-state index is -0.184. The zero-order chi connectivity index (χ0) is 12.1. The average molecular weight is 234 g/mol. The van der Waals surface area contributed by atoms with Crippen molar-refractivity contribution < 1.29 is 9.21 Å². The first-order chi connectivity index (χ1) is 8.25. The van der Waals surface area contributed by atoms with Gasteiger partial charge in [-0.05, 0) is 25.5 Å². The van der Waals surface area contributed by atoms with Crippen LogP contribution in [-0.2, 0) is 6.54 Å². The van der Waals surface area contributed by atoms with Crippen LogP contribution in [0.15, 0.2) is 29.2 Å². The lowest BCUT2D eigenvalue weighted by atomic mass is 10.4. The summed E-state index contributed by atoms with van der Waals surface area (Å²) < 4.78 is 6.93. The van der Waals surface area contributed by atoms with Gasteiger partial charge in [0.2, 0.25) is 0 Å². The molecular formula is C11H14N4O2. The van der Waals surface area contributed by atoms with Gasteiger partial charge in [0.1, 0.15) is 18.4 Å². The second-order valence-electron chi connectivity index (χ2n) is 3.68. The van der Waals surface area contributed by atoms with Crippen LogP contribution in [0, 0.1) is 6.92 Å². The third kappa shape index (κ3) is 3.17. The number of nitrogens with zero attached hydrogens (tertiary/aromatic N) is 3. The number of carbonyl (C=O) groups excluding carboxylic acids is 1. The molecule has 0 atom stereocenters. The Kier molecular flexibility index (Phi) is 3.54. The predicted octanol–water partition coefficient (Wildman–Crippen LogP) is 1.000. The van der Waals surface area contributed by atoms with Crippen molar-refractivity contribution in [3.05, 3.63) is 36.3 Å². The Morgan fingerprint density at radius 2 is 2.41 bits per heavy atom. The molecule has 1 amide bonds. The summed E-state index contributed by atoms with van der Waals surface area (Å²) in [7, 11) is 0. The fourth-order valence-electron chi connectivity index (χ4n) is 1.43. The maximum Gasteiger partial charge on any atom is 0.286 e. The molecule has 1 N–H and O–H groups in total. The number of hydrogen-bond acceptors (Lipinski definition) is 4. The SMILES string of the molecule is Cc1ccc(C(=O)NCCCn2cncn2)o1. The Morgan fingerprint density at radius 3 is 3.06 bits per heavy atom. The number of aryl methyl sites for hydroxylation is 2. The lowest BCUT2D eigenvalue weighted by Gasteiger charge is -2.03. The van der Waals surface area contributed by atoms with Crippen molar-refractivity contribution in [1.82, 2.24) is 20.1 Å². The van der Waals surface area contributed by atoms with Crippen LogP contribution in [0.4, 0.5) is 0 Å². The summed E-state index contributed by atoms with van der Waals surface area (Å²) in [6.45, 7) is 3.12. The molecule has 2 heterocycles. The number of amides is 1. The monoisotopic (exact) mass is 234 g/mol. The average Bonchev–Trinajstić information content (AvgIpc) is 2.95. The molecule has 2 aromatic heterocycles. The molecule has 2 aromatic rings. The molecule has 0 bridgehead atoms. The van der Waals surface area contributed by atoms with E-state index in [9.17, 15) is 4.79 Å². The second-order valence-corrected chi connectivity index (χ2v) is 3.68. The van der Waals surface area contributed by atoms with Crippen LogP contribution in [0.25, 0.3) is 0 Å². The fraction of sp³-hybridized carbons (Fsp3) is 0.364. The van der Waals surface area contributed by atoms with Gasteiger partial charge in [0.15, 0.2) is 5.76 Å². The first kappa shape index (κ1) is 11.4. The molecule has 0 saturated heterocycles. The molecule has 0 aliphatic rings. The zero-order valence-electron chi connectivity index (χ0n) is 9.59. The maximum atomic E-state index is 11.6. The van der Waals surface area contributed by atoms with Crippen LogP contribution in [0.1, 0.15) is 22.7 Å². The summed E-state index contributed by atoms with van der Waals surface area (Å²) in [6.07, 6.45) is 3.94. The minimum absolute atomic E-state index is 0.184. The summed E-state index contributed by atoms with van der Waals surface area (Å²) in [4.78, 5) is 15.4. The van der Waals surface area contributed by atoms with Gasteiger partial charge in [0.05, 0.1) is 0 Å². The molecule has 2 rings (SSSR count). The van der Waals surface area contributed by atoms with Gasteiger partial charge in [-0.2, -0.15) is 5.10 Å². The topological polar surface area (TPSA) is 73.0 Å². The molecule has 6 nitrogen and oxygen atoms in total. The highest BCUT2D eigenvalue weighted by Gasteiger charge is 2.08. The Balaban J connectivity index is 1.70. The Labute approximate surface area is 98.6 Å². The molecule has 0 fully saturated rings. The summed E-state index contributed by atoms with van der Waals surface area (Å²) in [5.41, 5.74) is 0. The van der Waals surface area contributed by atoms with Crippen molar-refractivity contribution >= 4 is 5.91 Å². The fourth-order valence-corrected chi connectivity index (χ4v) is 1.43. The van der Waals surface area contributed by atoms with Gasteiger partial charge in [-0.1, -0.05) is 0 Å². The minimum Gasteiger partial charge on any atom is -0.456 e. The molecule has 17 heavy (non-hydrogen) atoms.